The van der Waals surface area contributed by atoms with Crippen LogP contribution in [0.2, 0.25) is 5.02 Å². The Labute approximate surface area is 201 Å². The number of halogens is 1. The van der Waals surface area contributed by atoms with Crippen molar-refractivity contribution in [2.75, 3.05) is 16.6 Å². The average Bonchev–Trinajstić information content (AvgIpc) is 3.06. The molecule has 1 aliphatic heterocycles. The third-order valence-corrected chi connectivity index (χ3v) is 6.82. The summed E-state index contributed by atoms with van der Waals surface area (Å²) in [4.78, 5) is 38.3. The maximum Gasteiger partial charge on any atom is 0.261 e. The van der Waals surface area contributed by atoms with Gasteiger partial charge in [0, 0.05) is 29.4 Å². The van der Waals surface area contributed by atoms with Gasteiger partial charge in [0.05, 0.1) is 16.0 Å². The first-order valence-corrected chi connectivity index (χ1v) is 12.2. The molecule has 0 aromatic heterocycles. The molecule has 174 valence electrons. The maximum absolute atomic E-state index is 12.7. The van der Waals surface area contributed by atoms with Crippen molar-refractivity contribution in [3.63, 3.8) is 0 Å². The third-order valence-electron chi connectivity index (χ3n) is 5.19. The van der Waals surface area contributed by atoms with E-state index in [0.29, 0.717) is 27.5 Å². The molecule has 3 amide bonds. The van der Waals surface area contributed by atoms with Crippen molar-refractivity contribution in [2.45, 2.75) is 17.7 Å². The first kappa shape index (κ1) is 23.5. The second-order valence-corrected chi connectivity index (χ2v) is 9.72. The molecule has 0 aliphatic carbocycles. The van der Waals surface area contributed by atoms with Gasteiger partial charge in [-0.05, 0) is 61.0 Å². The predicted octanol–water partition coefficient (Wildman–Crippen LogP) is 4.16. The van der Waals surface area contributed by atoms with Crippen LogP contribution < -0.4 is 10.0 Å². The van der Waals surface area contributed by atoms with Crippen LogP contribution in [0.5, 0.6) is 0 Å². The number of sulfonamides is 1. The molecule has 4 rings (SSSR count). The lowest BCUT2D eigenvalue weighted by atomic mass is 10.1. The van der Waals surface area contributed by atoms with Gasteiger partial charge in [0.15, 0.2) is 0 Å². The summed E-state index contributed by atoms with van der Waals surface area (Å²) in [6.07, 6.45) is 0.320. The molecule has 0 saturated heterocycles. The Bertz CT molecular complexity index is 1340. The van der Waals surface area contributed by atoms with E-state index in [-0.39, 0.29) is 42.0 Å². The van der Waals surface area contributed by atoms with Crippen molar-refractivity contribution in [3.05, 3.63) is 88.9 Å². The van der Waals surface area contributed by atoms with Crippen molar-refractivity contribution in [1.29, 1.82) is 0 Å². The quantitative estimate of drug-likeness (QED) is 0.454. The highest BCUT2D eigenvalue weighted by atomic mass is 35.5. The molecule has 1 aliphatic rings. The number of anilines is 2. The lowest BCUT2D eigenvalue weighted by molar-refractivity contribution is -0.116. The van der Waals surface area contributed by atoms with Crippen LogP contribution in [0.3, 0.4) is 0 Å². The highest BCUT2D eigenvalue weighted by Crippen LogP contribution is 2.23. The number of carbonyl (C=O) groups excluding carboxylic acids is 3. The van der Waals surface area contributed by atoms with Crippen LogP contribution >= 0.6 is 11.6 Å². The monoisotopic (exact) mass is 497 g/mol. The Morgan fingerprint density at radius 2 is 1.50 bits per heavy atom. The summed E-state index contributed by atoms with van der Waals surface area (Å²) in [5.74, 6) is -1.10. The molecule has 10 heteroatoms. The minimum atomic E-state index is -3.88. The van der Waals surface area contributed by atoms with Crippen molar-refractivity contribution in [2.24, 2.45) is 0 Å². The van der Waals surface area contributed by atoms with Gasteiger partial charge in [-0.3, -0.25) is 24.0 Å². The molecule has 0 atom stereocenters. The number of hydrogen-bond acceptors (Lipinski definition) is 5. The van der Waals surface area contributed by atoms with Gasteiger partial charge in [0.25, 0.3) is 21.8 Å². The van der Waals surface area contributed by atoms with Gasteiger partial charge < -0.3 is 5.32 Å². The van der Waals surface area contributed by atoms with Crippen molar-refractivity contribution in [3.8, 4) is 0 Å². The lowest BCUT2D eigenvalue weighted by Gasteiger charge is -2.13. The molecular weight excluding hydrogens is 478 g/mol. The summed E-state index contributed by atoms with van der Waals surface area (Å²) >= 11 is 5.82. The molecule has 2 N–H and O–H groups in total. The molecule has 0 unspecified atom stereocenters. The molecule has 0 bridgehead atoms. The van der Waals surface area contributed by atoms with E-state index >= 15 is 0 Å². The van der Waals surface area contributed by atoms with E-state index < -0.39 is 10.0 Å². The van der Waals surface area contributed by atoms with Crippen LogP contribution in [-0.4, -0.2) is 37.6 Å². The molecule has 1 heterocycles. The minimum absolute atomic E-state index is 0.0220. The Kier molecular flexibility index (Phi) is 6.67. The number of fused-ring (bicyclic) bond motifs is 1. The first-order valence-electron chi connectivity index (χ1n) is 10.4. The molecule has 8 nitrogen and oxygen atoms in total. The zero-order valence-electron chi connectivity index (χ0n) is 17.8. The fourth-order valence-electron chi connectivity index (χ4n) is 3.54. The average molecular weight is 498 g/mol. The first-order chi connectivity index (χ1) is 16.2. The van der Waals surface area contributed by atoms with Gasteiger partial charge >= 0.3 is 0 Å². The second kappa shape index (κ2) is 9.66. The minimum Gasteiger partial charge on any atom is -0.326 e. The van der Waals surface area contributed by atoms with E-state index in [9.17, 15) is 22.8 Å². The van der Waals surface area contributed by atoms with Crippen LogP contribution in [0.4, 0.5) is 11.4 Å². The SMILES string of the molecule is O=C(CCCN1C(=O)c2ccccc2C1=O)Nc1cccc(S(=O)(=O)Nc2ccc(Cl)cc2)c1. The highest BCUT2D eigenvalue weighted by Gasteiger charge is 2.34. The summed E-state index contributed by atoms with van der Waals surface area (Å²) in [6.45, 7) is 0.110. The van der Waals surface area contributed by atoms with E-state index in [2.05, 4.69) is 10.0 Å². The van der Waals surface area contributed by atoms with Crippen LogP contribution in [-0.2, 0) is 14.8 Å². The Morgan fingerprint density at radius 1 is 0.853 bits per heavy atom. The number of benzene rings is 3. The second-order valence-electron chi connectivity index (χ2n) is 7.60. The molecule has 0 radical (unpaired) electrons. The number of carbonyl (C=O) groups is 3. The summed E-state index contributed by atoms with van der Waals surface area (Å²) < 4.78 is 27.8. The summed E-state index contributed by atoms with van der Waals surface area (Å²) in [7, 11) is -3.88. The van der Waals surface area contributed by atoms with Crippen molar-refractivity contribution in [1.82, 2.24) is 4.90 Å². The number of nitrogens with one attached hydrogen (secondary N) is 2. The molecule has 3 aromatic carbocycles. The van der Waals surface area contributed by atoms with E-state index in [4.69, 9.17) is 11.6 Å². The smallest absolute Gasteiger partial charge is 0.261 e. The van der Waals surface area contributed by atoms with Crippen molar-refractivity contribution >= 4 is 50.7 Å². The van der Waals surface area contributed by atoms with Crippen LogP contribution in [0.15, 0.2) is 77.7 Å². The Morgan fingerprint density at radius 3 is 2.15 bits per heavy atom. The largest absolute Gasteiger partial charge is 0.326 e. The molecule has 34 heavy (non-hydrogen) atoms. The number of imide groups is 1. The number of amides is 3. The molecule has 0 spiro atoms. The number of rotatable bonds is 8. The zero-order chi connectivity index (χ0) is 24.3. The van der Waals surface area contributed by atoms with Crippen LogP contribution in [0.25, 0.3) is 0 Å². The van der Waals surface area contributed by atoms with E-state index in [1.807, 2.05) is 0 Å². The molecular formula is C24H20ClN3O5S. The number of nitrogens with zero attached hydrogens (tertiary/aromatic N) is 1. The van der Waals surface area contributed by atoms with Crippen LogP contribution in [0.1, 0.15) is 33.6 Å². The standard InChI is InChI=1S/C24H20ClN3O5S/c25-16-10-12-17(13-11-16)27-34(32,33)19-6-3-5-18(15-19)26-22(29)9-4-14-28-23(30)20-7-1-2-8-21(20)24(28)31/h1-3,5-8,10-13,15,27H,4,9,14H2,(H,26,29). The Balaban J connectivity index is 1.33. The van der Waals surface area contributed by atoms with Crippen molar-refractivity contribution < 1.29 is 22.8 Å². The molecule has 3 aromatic rings. The summed E-state index contributed by atoms with van der Waals surface area (Å²) in [6, 6.07) is 18.7. The Hall–Kier alpha value is -3.69. The van der Waals surface area contributed by atoms with Crippen LogP contribution in [0, 0.1) is 0 Å². The fraction of sp³-hybridized carbons (Fsp3) is 0.125. The third kappa shape index (κ3) is 5.11. The van der Waals surface area contributed by atoms with E-state index in [1.165, 1.54) is 18.2 Å². The normalized spacial score (nSPS) is 13.0. The van der Waals surface area contributed by atoms with Gasteiger partial charge in [0.1, 0.15) is 0 Å². The van der Waals surface area contributed by atoms with Gasteiger partial charge in [0.2, 0.25) is 5.91 Å². The van der Waals surface area contributed by atoms with Gasteiger partial charge in [-0.15, -0.1) is 0 Å². The zero-order valence-corrected chi connectivity index (χ0v) is 19.4. The topological polar surface area (TPSA) is 113 Å². The maximum atomic E-state index is 12.7. The summed E-state index contributed by atoms with van der Waals surface area (Å²) in [5.41, 5.74) is 1.39. The fourth-order valence-corrected chi connectivity index (χ4v) is 4.77. The lowest BCUT2D eigenvalue weighted by Crippen LogP contribution is -2.31. The molecule has 0 fully saturated rings. The van der Waals surface area contributed by atoms with Gasteiger partial charge in [-0.2, -0.15) is 0 Å². The van der Waals surface area contributed by atoms with E-state index in [0.717, 1.165) is 4.90 Å². The van der Waals surface area contributed by atoms with Gasteiger partial charge in [-0.1, -0.05) is 29.8 Å². The molecule has 0 saturated carbocycles. The van der Waals surface area contributed by atoms with E-state index in [1.54, 1.807) is 54.6 Å². The highest BCUT2D eigenvalue weighted by molar-refractivity contribution is 7.92. The number of hydrogen-bond donors (Lipinski definition) is 2. The summed E-state index contributed by atoms with van der Waals surface area (Å²) in [5, 5.41) is 3.14. The van der Waals surface area contributed by atoms with Gasteiger partial charge in [-0.25, -0.2) is 8.42 Å². The predicted molar refractivity (Wildman–Crippen MR) is 128 cm³/mol.